The van der Waals surface area contributed by atoms with Crippen LogP contribution in [0.3, 0.4) is 0 Å². The van der Waals surface area contributed by atoms with Crippen LogP contribution in [0.4, 0.5) is 0 Å². The Labute approximate surface area is 183 Å². The molecule has 1 N–H and O–H groups in total. The normalized spacial score (nSPS) is 19.4. The minimum atomic E-state index is -0.124. The smallest absolute Gasteiger partial charge is 0.715 e. The summed E-state index contributed by atoms with van der Waals surface area (Å²) in [6.07, 6.45) is 3.48. The molecule has 0 saturated carbocycles. The average molecular weight is 339 g/mol. The molecule has 6 heteroatoms. The zero-order valence-electron chi connectivity index (χ0n) is 9.04. The van der Waals surface area contributed by atoms with E-state index in [0.717, 1.165) is 0 Å². The Balaban J connectivity index is 0. The average Bonchev–Trinajstić information content (AvgIpc) is 2.02. The monoisotopic (exact) mass is 338 g/mol. The number of carbonyl (C=O) groups is 1. The number of nitrogens with one attached hydrogen (secondary N) is 1. The molecular formula is C8H12N2O2Rb2. The second kappa shape index (κ2) is 12.0. The van der Waals surface area contributed by atoms with Crippen molar-refractivity contribution in [3.8, 4) is 0 Å². The van der Waals surface area contributed by atoms with E-state index in [1.807, 2.05) is 6.42 Å². The maximum Gasteiger partial charge on any atom is 1.00 e. The van der Waals surface area contributed by atoms with Gasteiger partial charge in [0.05, 0.1) is 6.61 Å². The van der Waals surface area contributed by atoms with E-state index in [0.29, 0.717) is 25.3 Å². The summed E-state index contributed by atoms with van der Waals surface area (Å²) < 4.78 is 5.17. The maximum atomic E-state index is 11.1. The van der Waals surface area contributed by atoms with E-state index in [1.54, 1.807) is 13.2 Å². The van der Waals surface area contributed by atoms with Crippen LogP contribution in [0.1, 0.15) is 0 Å². The molecule has 0 unspecified atom stereocenters. The van der Waals surface area contributed by atoms with E-state index in [1.165, 1.54) is 0 Å². The predicted molar refractivity (Wildman–Crippen MR) is 45.5 cm³/mol. The summed E-state index contributed by atoms with van der Waals surface area (Å²) >= 11 is 0. The van der Waals surface area contributed by atoms with Crippen molar-refractivity contribution in [2.45, 2.75) is 0 Å². The van der Waals surface area contributed by atoms with E-state index in [-0.39, 0.29) is 122 Å². The number of rotatable bonds is 1. The summed E-state index contributed by atoms with van der Waals surface area (Å²) in [5, 5.41) is 6.55. The van der Waals surface area contributed by atoms with Crippen LogP contribution in [0.5, 0.6) is 0 Å². The predicted octanol–water partition coefficient (Wildman–Crippen LogP) is -5.77. The Morgan fingerprint density at radius 2 is 2.36 bits per heavy atom. The number of ether oxygens (including phenoxy) is 1. The molecule has 0 saturated heterocycles. The van der Waals surface area contributed by atoms with Crippen molar-refractivity contribution < 1.29 is 126 Å². The Hall–Kier alpha value is 2.58. The fraction of sp³-hybridized carbons (Fsp3) is 0.500. The van der Waals surface area contributed by atoms with Gasteiger partial charge in [-0.25, -0.2) is 0 Å². The summed E-state index contributed by atoms with van der Waals surface area (Å²) in [6.45, 7) is 1.50. The molecule has 1 rings (SSSR count). The first-order valence-corrected chi connectivity index (χ1v) is 3.81. The van der Waals surface area contributed by atoms with Crippen LogP contribution in [0.15, 0.2) is 11.8 Å². The minimum absolute atomic E-state index is 0. The molecule has 1 aliphatic heterocycles. The molecule has 0 atom stereocenters. The quantitative estimate of drug-likeness (QED) is 0.484. The van der Waals surface area contributed by atoms with Crippen LogP contribution in [-0.4, -0.2) is 32.7 Å². The Morgan fingerprint density at radius 3 is 3.00 bits per heavy atom. The summed E-state index contributed by atoms with van der Waals surface area (Å²) in [4.78, 5) is 11.1. The second-order valence-electron chi connectivity index (χ2n) is 2.40. The van der Waals surface area contributed by atoms with Gasteiger partial charge in [-0.3, -0.25) is 11.3 Å². The standard InChI is InChI=1S/C8H13N2O2.2Rb/c1-9-8(11)7-5-10-3-2-4-12-6-7;;/h2,5H,3-4,6H2,1H3,(H2,9,10,11);;/q-1;2*+1/p-1. The third kappa shape index (κ3) is 7.79. The van der Waals surface area contributed by atoms with Crippen LogP contribution in [0, 0.1) is 6.42 Å². The minimum Gasteiger partial charge on any atom is -0.715 e. The van der Waals surface area contributed by atoms with Gasteiger partial charge in [0.25, 0.3) is 0 Å². The fourth-order valence-electron chi connectivity index (χ4n) is 0.864. The van der Waals surface area contributed by atoms with Gasteiger partial charge in [0.1, 0.15) is 0 Å². The SMILES string of the molecule is CNC(=O)/C1=C/[N-]C[CH-]COC1.[Rb+].[Rb+]. The molecule has 4 nitrogen and oxygen atoms in total. The van der Waals surface area contributed by atoms with Crippen molar-refractivity contribution in [2.75, 3.05) is 26.8 Å². The Bertz CT molecular complexity index is 198. The van der Waals surface area contributed by atoms with Gasteiger partial charge in [-0.1, -0.05) is 6.61 Å². The number of nitrogens with zero attached hydrogens (tertiary/aromatic N) is 1. The molecular weight excluding hydrogens is 327 g/mol. The summed E-state index contributed by atoms with van der Waals surface area (Å²) in [6, 6.07) is 0. The molecule has 0 spiro atoms. The third-order valence-electron chi connectivity index (χ3n) is 1.49. The number of carbonyl (C=O) groups excluding carboxylic acids is 1. The number of likely N-dealkylation sites (N-methyl/N-ethyl adjacent to an activating group) is 1. The van der Waals surface area contributed by atoms with E-state index in [9.17, 15) is 4.79 Å². The van der Waals surface area contributed by atoms with E-state index < -0.39 is 0 Å². The molecule has 0 radical (unpaired) electrons. The first-order chi connectivity index (χ1) is 5.84. The molecule has 0 bridgehead atoms. The molecule has 0 aromatic carbocycles. The second-order valence-corrected chi connectivity index (χ2v) is 2.40. The molecule has 0 aromatic rings. The Morgan fingerprint density at radius 1 is 1.64 bits per heavy atom. The summed E-state index contributed by atoms with van der Waals surface area (Å²) in [5.41, 5.74) is 0.575. The van der Waals surface area contributed by atoms with Gasteiger partial charge < -0.3 is 21.8 Å². The Kier molecular flexibility index (Phi) is 16.3. The molecule has 14 heavy (non-hydrogen) atoms. The van der Waals surface area contributed by atoms with Crippen LogP contribution < -0.4 is 122 Å². The van der Waals surface area contributed by atoms with E-state index in [2.05, 4.69) is 10.6 Å². The van der Waals surface area contributed by atoms with Crippen LogP contribution >= 0.6 is 0 Å². The van der Waals surface area contributed by atoms with Crippen molar-refractivity contribution in [1.29, 1.82) is 0 Å². The van der Waals surface area contributed by atoms with Crippen molar-refractivity contribution in [2.24, 2.45) is 0 Å². The van der Waals surface area contributed by atoms with Gasteiger partial charge in [-0.15, -0.1) is 0 Å². The summed E-state index contributed by atoms with van der Waals surface area (Å²) in [5.74, 6) is -0.124. The summed E-state index contributed by atoms with van der Waals surface area (Å²) in [7, 11) is 1.59. The fourth-order valence-corrected chi connectivity index (χ4v) is 0.864. The van der Waals surface area contributed by atoms with Gasteiger partial charge in [-0.2, -0.15) is 6.20 Å². The van der Waals surface area contributed by atoms with Crippen molar-refractivity contribution >= 4 is 5.91 Å². The van der Waals surface area contributed by atoms with E-state index in [4.69, 9.17) is 4.74 Å². The van der Waals surface area contributed by atoms with Gasteiger partial charge in [0.15, 0.2) is 0 Å². The first kappa shape index (κ1) is 18.9. The maximum absolute atomic E-state index is 11.1. The number of amides is 1. The van der Waals surface area contributed by atoms with E-state index >= 15 is 0 Å². The van der Waals surface area contributed by atoms with Gasteiger partial charge in [0.2, 0.25) is 5.91 Å². The topological polar surface area (TPSA) is 52.4 Å². The molecule has 1 heterocycles. The first-order valence-electron chi connectivity index (χ1n) is 3.81. The largest absolute Gasteiger partial charge is 1.00 e. The zero-order valence-corrected chi connectivity index (χ0v) is 18.9. The van der Waals surface area contributed by atoms with Gasteiger partial charge in [0, 0.05) is 12.6 Å². The van der Waals surface area contributed by atoms with Crippen LogP contribution in [0.2, 0.25) is 0 Å². The molecule has 0 aliphatic carbocycles. The van der Waals surface area contributed by atoms with Gasteiger partial charge >= 0.3 is 116 Å². The van der Waals surface area contributed by atoms with Gasteiger partial charge in [-0.05, 0) is 0 Å². The van der Waals surface area contributed by atoms with Crippen molar-refractivity contribution in [3.63, 3.8) is 0 Å². The van der Waals surface area contributed by atoms with Crippen LogP contribution in [-0.2, 0) is 9.53 Å². The van der Waals surface area contributed by atoms with Crippen molar-refractivity contribution in [1.82, 2.24) is 5.32 Å². The van der Waals surface area contributed by atoms with Crippen molar-refractivity contribution in [3.05, 3.63) is 23.5 Å². The molecule has 0 fully saturated rings. The van der Waals surface area contributed by atoms with Crippen LogP contribution in [0.25, 0.3) is 5.32 Å². The zero-order chi connectivity index (χ0) is 8.81. The molecule has 1 amide bonds. The third-order valence-corrected chi connectivity index (χ3v) is 1.49. The molecule has 0 aromatic heterocycles. The molecule has 1 aliphatic rings. The molecule has 68 valence electrons. The number of hydrogen-bond donors (Lipinski definition) is 1. The number of hydrogen-bond acceptors (Lipinski definition) is 2.